The Morgan fingerprint density at radius 1 is 1.30 bits per heavy atom. The van der Waals surface area contributed by atoms with Gasteiger partial charge in [0, 0.05) is 12.1 Å². The zero-order chi connectivity index (χ0) is 17.0. The molecule has 1 aromatic carbocycles. The van der Waals surface area contributed by atoms with Gasteiger partial charge in [0.2, 0.25) is 0 Å². The molecule has 1 aliphatic rings. The quantitative estimate of drug-likeness (QED) is 0.468. The van der Waals surface area contributed by atoms with E-state index in [0.29, 0.717) is 12.0 Å². The second kappa shape index (κ2) is 6.84. The SMILES string of the molecule is CCCCN1/C(=C(/C#N)C(=O)OCC)c2ccccc2S1(=O)=O. The summed E-state index contributed by atoms with van der Waals surface area (Å²) in [6.07, 6.45) is 1.41. The minimum atomic E-state index is -3.75. The molecule has 0 bridgehead atoms. The second-order valence-electron chi connectivity index (χ2n) is 4.98. The standard InChI is InChI=1S/C16H18N2O4S/c1-3-5-10-18-15(13(11-17)16(19)22-4-2)12-8-6-7-9-14(12)23(18,20)21/h6-9H,3-5,10H2,1-2H3/b15-13-. The largest absolute Gasteiger partial charge is 0.462 e. The summed E-state index contributed by atoms with van der Waals surface area (Å²) in [6.45, 7) is 3.90. The molecule has 0 atom stereocenters. The number of sulfonamides is 1. The molecule has 0 fully saturated rings. The highest BCUT2D eigenvalue weighted by Crippen LogP contribution is 2.40. The molecule has 6 nitrogen and oxygen atoms in total. The first-order valence-electron chi connectivity index (χ1n) is 7.42. The Bertz CT molecular complexity index is 791. The molecule has 0 amide bonds. The van der Waals surface area contributed by atoms with Crippen LogP contribution in [0.4, 0.5) is 0 Å². The van der Waals surface area contributed by atoms with Crippen molar-refractivity contribution in [3.63, 3.8) is 0 Å². The van der Waals surface area contributed by atoms with Gasteiger partial charge in [0.15, 0.2) is 5.57 Å². The van der Waals surface area contributed by atoms with Crippen LogP contribution in [-0.2, 0) is 19.6 Å². The number of benzene rings is 1. The molecule has 0 radical (unpaired) electrons. The Labute approximate surface area is 136 Å². The van der Waals surface area contributed by atoms with Gasteiger partial charge in [-0.2, -0.15) is 5.26 Å². The van der Waals surface area contributed by atoms with Crippen molar-refractivity contribution in [2.45, 2.75) is 31.6 Å². The van der Waals surface area contributed by atoms with E-state index in [1.807, 2.05) is 13.0 Å². The van der Waals surface area contributed by atoms with E-state index in [2.05, 4.69) is 0 Å². The maximum atomic E-state index is 12.7. The van der Waals surface area contributed by atoms with Crippen LogP contribution >= 0.6 is 0 Å². The molecule has 1 aromatic rings. The van der Waals surface area contributed by atoms with Crippen molar-refractivity contribution in [3.8, 4) is 6.07 Å². The van der Waals surface area contributed by atoms with E-state index in [1.54, 1.807) is 25.1 Å². The summed E-state index contributed by atoms with van der Waals surface area (Å²) in [5.74, 6) is -0.807. The number of hydrogen-bond donors (Lipinski definition) is 0. The van der Waals surface area contributed by atoms with Gasteiger partial charge in [-0.3, -0.25) is 4.31 Å². The molecule has 2 rings (SSSR count). The van der Waals surface area contributed by atoms with Crippen molar-refractivity contribution in [1.29, 1.82) is 5.26 Å². The Hall–Kier alpha value is -2.33. The van der Waals surface area contributed by atoms with Gasteiger partial charge in [-0.15, -0.1) is 0 Å². The third kappa shape index (κ3) is 2.94. The first-order chi connectivity index (χ1) is 11.0. The number of carbonyl (C=O) groups excluding carboxylic acids is 1. The van der Waals surface area contributed by atoms with Crippen molar-refractivity contribution < 1.29 is 17.9 Å². The number of ether oxygens (including phenoxy) is 1. The summed E-state index contributed by atoms with van der Waals surface area (Å²) in [4.78, 5) is 12.2. The van der Waals surface area contributed by atoms with Gasteiger partial charge in [0.05, 0.1) is 17.2 Å². The molecule has 1 heterocycles. The summed E-state index contributed by atoms with van der Waals surface area (Å²) in [6, 6.07) is 8.19. The lowest BCUT2D eigenvalue weighted by Gasteiger charge is -2.19. The van der Waals surface area contributed by atoms with Crippen LogP contribution in [0.2, 0.25) is 0 Å². The van der Waals surface area contributed by atoms with Crippen LogP contribution in [0.3, 0.4) is 0 Å². The molecule has 7 heteroatoms. The first-order valence-corrected chi connectivity index (χ1v) is 8.86. The third-order valence-corrected chi connectivity index (χ3v) is 5.36. The van der Waals surface area contributed by atoms with Crippen LogP contribution in [-0.4, -0.2) is 31.8 Å². The minimum absolute atomic E-state index is 0.112. The van der Waals surface area contributed by atoms with Gasteiger partial charge in [0.1, 0.15) is 6.07 Å². The summed E-state index contributed by atoms with van der Waals surface area (Å²) >= 11 is 0. The number of rotatable bonds is 5. The number of esters is 1. The van der Waals surface area contributed by atoms with Gasteiger partial charge in [-0.05, 0) is 19.4 Å². The predicted octanol–water partition coefficient (Wildman–Crippen LogP) is 2.29. The van der Waals surface area contributed by atoms with Crippen molar-refractivity contribution in [2.75, 3.05) is 13.2 Å². The van der Waals surface area contributed by atoms with Crippen LogP contribution in [0.5, 0.6) is 0 Å². The molecular weight excluding hydrogens is 316 g/mol. The fourth-order valence-electron chi connectivity index (χ4n) is 2.45. The zero-order valence-electron chi connectivity index (χ0n) is 13.1. The molecule has 0 aliphatic carbocycles. The second-order valence-corrected chi connectivity index (χ2v) is 6.81. The summed E-state index contributed by atoms with van der Waals surface area (Å²) in [5.41, 5.74) is 0.208. The smallest absolute Gasteiger partial charge is 0.351 e. The van der Waals surface area contributed by atoms with Crippen LogP contribution in [0.1, 0.15) is 32.3 Å². The monoisotopic (exact) mass is 334 g/mol. The molecule has 0 aromatic heterocycles. The van der Waals surface area contributed by atoms with Gasteiger partial charge < -0.3 is 4.74 Å². The van der Waals surface area contributed by atoms with Gasteiger partial charge in [-0.25, -0.2) is 13.2 Å². The van der Waals surface area contributed by atoms with E-state index in [4.69, 9.17) is 4.74 Å². The molecule has 122 valence electrons. The Kier molecular flexibility index (Phi) is 5.06. The lowest BCUT2D eigenvalue weighted by atomic mass is 10.1. The molecule has 23 heavy (non-hydrogen) atoms. The number of carbonyl (C=O) groups is 1. The van der Waals surface area contributed by atoms with Crippen LogP contribution < -0.4 is 0 Å². The Morgan fingerprint density at radius 2 is 2.00 bits per heavy atom. The van der Waals surface area contributed by atoms with E-state index in [9.17, 15) is 18.5 Å². The summed E-state index contributed by atoms with van der Waals surface area (Å²) in [7, 11) is -3.75. The lowest BCUT2D eigenvalue weighted by Crippen LogP contribution is -2.26. The van der Waals surface area contributed by atoms with Gasteiger partial charge >= 0.3 is 5.97 Å². The fourth-order valence-corrected chi connectivity index (χ4v) is 4.18. The van der Waals surface area contributed by atoms with Crippen molar-refractivity contribution in [2.24, 2.45) is 0 Å². The summed E-state index contributed by atoms with van der Waals surface area (Å²) < 4.78 is 31.5. The molecule has 0 unspecified atom stereocenters. The number of hydrogen-bond acceptors (Lipinski definition) is 5. The highest BCUT2D eigenvalue weighted by Gasteiger charge is 2.40. The average molecular weight is 334 g/mol. The highest BCUT2D eigenvalue weighted by atomic mass is 32.2. The van der Waals surface area contributed by atoms with E-state index < -0.39 is 16.0 Å². The Balaban J connectivity index is 2.71. The predicted molar refractivity (Wildman–Crippen MR) is 84.4 cm³/mol. The number of nitriles is 1. The maximum absolute atomic E-state index is 12.7. The average Bonchev–Trinajstić information content (AvgIpc) is 2.75. The van der Waals surface area contributed by atoms with Crippen LogP contribution in [0.15, 0.2) is 34.7 Å². The third-order valence-electron chi connectivity index (χ3n) is 3.50. The van der Waals surface area contributed by atoms with E-state index in [0.717, 1.165) is 10.7 Å². The lowest BCUT2D eigenvalue weighted by molar-refractivity contribution is -0.137. The minimum Gasteiger partial charge on any atom is -0.462 e. The number of unbranched alkanes of at least 4 members (excludes halogenated alkanes) is 1. The van der Waals surface area contributed by atoms with Crippen LogP contribution in [0.25, 0.3) is 5.70 Å². The van der Waals surface area contributed by atoms with E-state index in [-0.39, 0.29) is 29.3 Å². The molecule has 0 spiro atoms. The Morgan fingerprint density at radius 3 is 2.61 bits per heavy atom. The zero-order valence-corrected chi connectivity index (χ0v) is 13.9. The van der Waals surface area contributed by atoms with Crippen molar-refractivity contribution >= 4 is 21.7 Å². The van der Waals surface area contributed by atoms with E-state index in [1.165, 1.54) is 6.07 Å². The van der Waals surface area contributed by atoms with Crippen LogP contribution in [0, 0.1) is 11.3 Å². The molecule has 1 aliphatic heterocycles. The van der Waals surface area contributed by atoms with Gasteiger partial charge in [0.25, 0.3) is 10.0 Å². The van der Waals surface area contributed by atoms with Crippen molar-refractivity contribution in [3.05, 3.63) is 35.4 Å². The summed E-state index contributed by atoms with van der Waals surface area (Å²) in [5, 5.41) is 9.39. The topological polar surface area (TPSA) is 87.5 Å². The molecule has 0 N–H and O–H groups in total. The molecule has 0 saturated heterocycles. The van der Waals surface area contributed by atoms with Crippen molar-refractivity contribution in [1.82, 2.24) is 4.31 Å². The fraction of sp³-hybridized carbons (Fsp3) is 0.375. The highest BCUT2D eigenvalue weighted by molar-refractivity contribution is 7.90. The van der Waals surface area contributed by atoms with Gasteiger partial charge in [-0.1, -0.05) is 31.5 Å². The molecular formula is C16H18N2O4S. The first kappa shape index (κ1) is 17.0. The number of fused-ring (bicyclic) bond motifs is 1. The van der Waals surface area contributed by atoms with E-state index >= 15 is 0 Å². The maximum Gasteiger partial charge on any atom is 0.351 e. The normalized spacial score (nSPS) is 17.3. The number of nitrogens with zero attached hydrogens (tertiary/aromatic N) is 2. The molecule has 0 saturated carbocycles.